The minimum absolute atomic E-state index is 0. The molecule has 58 valence electrons. The third-order valence-electron chi connectivity index (χ3n) is 1.76. The van der Waals surface area contributed by atoms with Crippen molar-refractivity contribution in [2.24, 2.45) is 0 Å². The van der Waals surface area contributed by atoms with Crippen LogP contribution in [-0.4, -0.2) is 31.3 Å². The Balaban J connectivity index is 0.000000810. The molecule has 2 nitrogen and oxygen atoms in total. The highest BCUT2D eigenvalue weighted by Gasteiger charge is 2.24. The first kappa shape index (κ1) is 10.2. The standard InChI is InChI=1S/C7H13N2.HI/c1-3-6-9(2)7-4-5-8-9;/h1,8H,4-7H2,2H3;1H/q+1;/p-1/t9-;/m1./s1. The van der Waals surface area contributed by atoms with Crippen LogP contribution < -0.4 is 29.4 Å². The van der Waals surface area contributed by atoms with Gasteiger partial charge in [0.05, 0.1) is 13.6 Å². The zero-order valence-corrected chi connectivity index (χ0v) is 8.39. The Bertz CT molecular complexity index is 133. The maximum atomic E-state index is 5.19. The minimum atomic E-state index is 0. The molecule has 3 heteroatoms. The van der Waals surface area contributed by atoms with Crippen LogP contribution >= 0.6 is 0 Å². The van der Waals surface area contributed by atoms with Gasteiger partial charge in [-0.15, -0.1) is 6.42 Å². The van der Waals surface area contributed by atoms with E-state index in [9.17, 15) is 0 Å². The van der Waals surface area contributed by atoms with Crippen molar-refractivity contribution < 1.29 is 28.6 Å². The summed E-state index contributed by atoms with van der Waals surface area (Å²) in [6.45, 7) is 3.09. The quantitative estimate of drug-likeness (QED) is 0.297. The molecule has 1 N–H and O–H groups in total. The van der Waals surface area contributed by atoms with E-state index in [0.29, 0.717) is 0 Å². The predicted molar refractivity (Wildman–Crippen MR) is 37.4 cm³/mol. The summed E-state index contributed by atoms with van der Waals surface area (Å²) < 4.78 is 0.858. The van der Waals surface area contributed by atoms with Crippen molar-refractivity contribution >= 4 is 0 Å². The van der Waals surface area contributed by atoms with Gasteiger partial charge in [-0.25, -0.2) is 4.59 Å². The van der Waals surface area contributed by atoms with Gasteiger partial charge in [0.25, 0.3) is 0 Å². The zero-order valence-electron chi connectivity index (χ0n) is 6.23. The van der Waals surface area contributed by atoms with Crippen molar-refractivity contribution in [3.8, 4) is 12.3 Å². The van der Waals surface area contributed by atoms with E-state index >= 15 is 0 Å². The molecule has 0 amide bonds. The third kappa shape index (κ3) is 2.45. The number of nitrogens with zero attached hydrogens (tertiary/aromatic N) is 1. The topological polar surface area (TPSA) is 12.0 Å². The number of quaternary nitrogens is 1. The van der Waals surface area contributed by atoms with Crippen LogP contribution in [0.1, 0.15) is 6.42 Å². The first-order chi connectivity index (χ1) is 4.27. The Labute approximate surface area is 79.6 Å². The molecule has 0 aliphatic carbocycles. The van der Waals surface area contributed by atoms with Gasteiger partial charge in [-0.1, -0.05) is 0 Å². The molecule has 0 saturated carbocycles. The second-order valence-corrected chi connectivity index (χ2v) is 2.74. The van der Waals surface area contributed by atoms with Crippen molar-refractivity contribution in [2.45, 2.75) is 6.42 Å². The summed E-state index contributed by atoms with van der Waals surface area (Å²) in [6.07, 6.45) is 6.44. The molecule has 10 heavy (non-hydrogen) atoms. The molecule has 1 aliphatic heterocycles. The Morgan fingerprint density at radius 3 is 2.80 bits per heavy atom. The number of terminal acetylenes is 1. The molecule has 1 heterocycles. The van der Waals surface area contributed by atoms with E-state index in [2.05, 4.69) is 18.4 Å². The lowest BCUT2D eigenvalue weighted by Gasteiger charge is -2.24. The van der Waals surface area contributed by atoms with E-state index in [-0.39, 0.29) is 24.0 Å². The molecule has 1 aliphatic rings. The second kappa shape index (κ2) is 4.16. The average Bonchev–Trinajstić information content (AvgIpc) is 2.16. The van der Waals surface area contributed by atoms with E-state index in [0.717, 1.165) is 17.7 Å². The summed E-state index contributed by atoms with van der Waals surface area (Å²) >= 11 is 0. The molecule has 0 aromatic heterocycles. The normalized spacial score (nSPS) is 30.8. The molecule has 1 fully saturated rings. The van der Waals surface area contributed by atoms with Crippen LogP contribution in [0.4, 0.5) is 0 Å². The number of nitrogens with one attached hydrogen (secondary N) is 1. The highest BCUT2D eigenvalue weighted by atomic mass is 127. The van der Waals surface area contributed by atoms with E-state index < -0.39 is 0 Å². The molecule has 0 aromatic rings. The van der Waals surface area contributed by atoms with E-state index in [4.69, 9.17) is 6.42 Å². The van der Waals surface area contributed by atoms with Gasteiger partial charge >= 0.3 is 0 Å². The predicted octanol–water partition coefficient (Wildman–Crippen LogP) is -3.02. The van der Waals surface area contributed by atoms with Crippen LogP contribution in [0.2, 0.25) is 0 Å². The number of halogens is 1. The number of hydrogen-bond donors (Lipinski definition) is 1. The highest BCUT2D eigenvalue weighted by Crippen LogP contribution is 2.04. The highest BCUT2D eigenvalue weighted by molar-refractivity contribution is 4.83. The van der Waals surface area contributed by atoms with E-state index in [1.807, 2.05) is 0 Å². The number of rotatable bonds is 1. The van der Waals surface area contributed by atoms with Crippen molar-refractivity contribution in [3.63, 3.8) is 0 Å². The fourth-order valence-corrected chi connectivity index (χ4v) is 1.19. The lowest BCUT2D eigenvalue weighted by Crippen LogP contribution is -3.00. The van der Waals surface area contributed by atoms with Gasteiger partial charge in [0.15, 0.2) is 6.54 Å². The van der Waals surface area contributed by atoms with Gasteiger partial charge in [-0.05, 0) is 5.92 Å². The van der Waals surface area contributed by atoms with E-state index in [1.165, 1.54) is 13.0 Å². The zero-order chi connectivity index (χ0) is 6.74. The maximum absolute atomic E-state index is 5.19. The fourth-order valence-electron chi connectivity index (χ4n) is 1.19. The van der Waals surface area contributed by atoms with Crippen molar-refractivity contribution in [1.82, 2.24) is 5.43 Å². The van der Waals surface area contributed by atoms with Crippen molar-refractivity contribution in [3.05, 3.63) is 0 Å². The van der Waals surface area contributed by atoms with Crippen LogP contribution in [0.3, 0.4) is 0 Å². The largest absolute Gasteiger partial charge is 1.00 e. The van der Waals surface area contributed by atoms with Gasteiger partial charge in [0.2, 0.25) is 0 Å². The Morgan fingerprint density at radius 2 is 2.40 bits per heavy atom. The monoisotopic (exact) mass is 252 g/mol. The lowest BCUT2D eigenvalue weighted by molar-refractivity contribution is -0.932. The van der Waals surface area contributed by atoms with E-state index in [1.54, 1.807) is 0 Å². The Hall–Kier alpha value is 0.210. The van der Waals surface area contributed by atoms with Crippen LogP contribution in [0.15, 0.2) is 0 Å². The van der Waals surface area contributed by atoms with Gasteiger partial charge < -0.3 is 24.0 Å². The Kier molecular flexibility index (Phi) is 4.25. The van der Waals surface area contributed by atoms with Crippen molar-refractivity contribution in [1.29, 1.82) is 0 Å². The summed E-state index contributed by atoms with van der Waals surface area (Å²) in [5, 5.41) is 0. The molecule has 1 rings (SSSR count). The molecule has 1 saturated heterocycles. The minimum Gasteiger partial charge on any atom is -1.00 e. The summed E-state index contributed by atoms with van der Waals surface area (Å²) in [7, 11) is 2.13. The number of hydrogen-bond acceptors (Lipinski definition) is 1. The fraction of sp³-hybridized carbons (Fsp3) is 0.714. The maximum Gasteiger partial charge on any atom is 0.157 e. The second-order valence-electron chi connectivity index (χ2n) is 2.74. The third-order valence-corrected chi connectivity index (χ3v) is 1.76. The molecule has 1 atom stereocenters. The molecule has 0 bridgehead atoms. The van der Waals surface area contributed by atoms with Crippen LogP contribution in [-0.2, 0) is 0 Å². The summed E-state index contributed by atoms with van der Waals surface area (Å²) in [6, 6.07) is 0. The molecular formula is C7H13IN2. The van der Waals surface area contributed by atoms with Gasteiger partial charge in [0, 0.05) is 13.0 Å². The Morgan fingerprint density at radius 1 is 1.70 bits per heavy atom. The van der Waals surface area contributed by atoms with Crippen molar-refractivity contribution in [2.75, 3.05) is 26.7 Å². The molecule has 0 aromatic carbocycles. The molecular weight excluding hydrogens is 239 g/mol. The smallest absolute Gasteiger partial charge is 0.157 e. The summed E-state index contributed by atoms with van der Waals surface area (Å²) in [5.74, 6) is 2.66. The van der Waals surface area contributed by atoms with Crippen LogP contribution in [0.25, 0.3) is 0 Å². The molecule has 0 radical (unpaired) electrons. The summed E-state index contributed by atoms with van der Waals surface area (Å²) in [5.41, 5.74) is 3.33. The molecule has 0 spiro atoms. The first-order valence-corrected chi connectivity index (χ1v) is 3.30. The SMILES string of the molecule is C#CC[N@+]1(C)CCCN1.[I-]. The summed E-state index contributed by atoms with van der Waals surface area (Å²) in [4.78, 5) is 0. The van der Waals surface area contributed by atoms with Crippen LogP contribution in [0, 0.1) is 12.3 Å². The average molecular weight is 252 g/mol. The molecule has 0 unspecified atom stereocenters. The van der Waals surface area contributed by atoms with Gasteiger partial charge in [0.1, 0.15) is 0 Å². The van der Waals surface area contributed by atoms with Gasteiger partial charge in [-0.2, -0.15) is 5.43 Å². The lowest BCUT2D eigenvalue weighted by atomic mass is 10.4. The van der Waals surface area contributed by atoms with Crippen LogP contribution in [0.5, 0.6) is 0 Å². The first-order valence-electron chi connectivity index (χ1n) is 3.30. The van der Waals surface area contributed by atoms with Gasteiger partial charge in [-0.3, -0.25) is 0 Å².